The fourth-order valence-electron chi connectivity index (χ4n) is 1.31. The van der Waals surface area contributed by atoms with Crippen LogP contribution in [0.15, 0.2) is 24.5 Å². The first-order valence-electron chi connectivity index (χ1n) is 4.69. The third-order valence-corrected chi connectivity index (χ3v) is 2.10. The molecule has 0 aliphatic rings. The lowest BCUT2D eigenvalue weighted by molar-refractivity contribution is 0.734. The minimum absolute atomic E-state index is 0.619. The van der Waals surface area contributed by atoms with E-state index in [4.69, 9.17) is 0 Å². The van der Waals surface area contributed by atoms with Gasteiger partial charge in [0.2, 0.25) is 0 Å². The molecular formula is C8H8N8. The van der Waals surface area contributed by atoms with Crippen LogP contribution in [0, 0.1) is 0 Å². The van der Waals surface area contributed by atoms with Crippen LogP contribution < -0.4 is 5.32 Å². The van der Waals surface area contributed by atoms with E-state index in [0.717, 1.165) is 5.56 Å². The van der Waals surface area contributed by atoms with Gasteiger partial charge in [-0.05, 0) is 22.6 Å². The Kier molecular flexibility index (Phi) is 1.96. The fraction of sp³-hybridized carbons (Fsp3) is 0.125. The Morgan fingerprint density at radius 2 is 2.38 bits per heavy atom. The molecular weight excluding hydrogens is 208 g/mol. The molecule has 0 spiro atoms. The number of nitrogens with one attached hydrogen (secondary N) is 2. The summed E-state index contributed by atoms with van der Waals surface area (Å²) < 4.78 is 1.37. The summed E-state index contributed by atoms with van der Waals surface area (Å²) in [6.45, 7) is 0.650. The van der Waals surface area contributed by atoms with Crippen molar-refractivity contribution in [2.75, 3.05) is 5.32 Å². The first kappa shape index (κ1) is 8.77. The molecule has 0 aromatic carbocycles. The van der Waals surface area contributed by atoms with Crippen molar-refractivity contribution in [1.82, 2.24) is 35.5 Å². The van der Waals surface area contributed by atoms with Gasteiger partial charge >= 0.3 is 0 Å². The van der Waals surface area contributed by atoms with Crippen molar-refractivity contribution >= 4 is 11.5 Å². The third-order valence-electron chi connectivity index (χ3n) is 2.10. The van der Waals surface area contributed by atoms with Gasteiger partial charge in [-0.1, -0.05) is 0 Å². The second-order valence-electron chi connectivity index (χ2n) is 3.21. The Bertz CT molecular complexity index is 583. The molecule has 3 rings (SSSR count). The van der Waals surface area contributed by atoms with Gasteiger partial charge in [0.25, 0.3) is 0 Å². The molecule has 0 amide bonds. The number of H-pyrrole nitrogens is 1. The summed E-state index contributed by atoms with van der Waals surface area (Å²) in [6.07, 6.45) is 3.57. The van der Waals surface area contributed by atoms with Crippen LogP contribution in [0.2, 0.25) is 0 Å². The smallest absolute Gasteiger partial charge is 0.200 e. The maximum atomic E-state index is 4.17. The predicted octanol–water partition coefficient (Wildman–Crippen LogP) is -0.146. The van der Waals surface area contributed by atoms with Crippen LogP contribution in [0.3, 0.4) is 0 Å². The number of tetrazole rings is 1. The van der Waals surface area contributed by atoms with Crippen LogP contribution in [0.1, 0.15) is 5.56 Å². The average molecular weight is 216 g/mol. The normalized spacial score (nSPS) is 10.8. The van der Waals surface area contributed by atoms with Gasteiger partial charge < -0.3 is 5.32 Å². The monoisotopic (exact) mass is 216 g/mol. The van der Waals surface area contributed by atoms with Gasteiger partial charge in [0.05, 0.1) is 6.20 Å². The van der Waals surface area contributed by atoms with E-state index >= 15 is 0 Å². The maximum absolute atomic E-state index is 4.17. The molecule has 8 heteroatoms. The molecule has 0 radical (unpaired) electrons. The molecule has 0 atom stereocenters. The number of nitrogens with zero attached hydrogens (tertiary/aromatic N) is 6. The average Bonchev–Trinajstić information content (AvgIpc) is 2.97. The quantitative estimate of drug-likeness (QED) is 0.632. The number of fused-ring (bicyclic) bond motifs is 1. The Morgan fingerprint density at radius 1 is 1.38 bits per heavy atom. The van der Waals surface area contributed by atoms with E-state index in [9.17, 15) is 0 Å². The van der Waals surface area contributed by atoms with Crippen molar-refractivity contribution in [3.8, 4) is 0 Å². The van der Waals surface area contributed by atoms with Gasteiger partial charge in [-0.15, -0.1) is 14.8 Å². The standard InChI is InChI=1S/C8H8N8/c1-2-8-12-14-15-16(8)13-7(1)9-3-6-4-10-11-5-6/h1-2,4-5H,3H2,(H,9,13)(H,10,11). The van der Waals surface area contributed by atoms with E-state index in [1.807, 2.05) is 12.3 Å². The molecule has 3 aromatic heterocycles. The Balaban J connectivity index is 1.78. The van der Waals surface area contributed by atoms with E-state index in [2.05, 4.69) is 36.1 Å². The SMILES string of the molecule is c1n[nH]cc1CNc1ccc2nnnn2n1. The van der Waals surface area contributed by atoms with E-state index in [1.54, 1.807) is 12.3 Å². The molecule has 16 heavy (non-hydrogen) atoms. The summed E-state index contributed by atoms with van der Waals surface area (Å²) in [5, 5.41) is 24.9. The lowest BCUT2D eigenvalue weighted by atomic mass is 10.3. The fourth-order valence-corrected chi connectivity index (χ4v) is 1.31. The highest BCUT2D eigenvalue weighted by Crippen LogP contribution is 2.05. The molecule has 0 bridgehead atoms. The van der Waals surface area contributed by atoms with Gasteiger partial charge in [0.15, 0.2) is 5.65 Å². The highest BCUT2D eigenvalue weighted by atomic mass is 15.6. The van der Waals surface area contributed by atoms with Gasteiger partial charge in [0, 0.05) is 18.3 Å². The van der Waals surface area contributed by atoms with Gasteiger partial charge in [-0.25, -0.2) is 0 Å². The van der Waals surface area contributed by atoms with Crippen LogP contribution in [0.4, 0.5) is 5.82 Å². The lowest BCUT2D eigenvalue weighted by Gasteiger charge is -2.02. The van der Waals surface area contributed by atoms with Crippen LogP contribution in [-0.2, 0) is 6.54 Å². The zero-order valence-electron chi connectivity index (χ0n) is 8.20. The van der Waals surface area contributed by atoms with Gasteiger partial charge in [-0.2, -0.15) is 5.10 Å². The van der Waals surface area contributed by atoms with Crippen LogP contribution in [-0.4, -0.2) is 35.5 Å². The van der Waals surface area contributed by atoms with Crippen molar-refractivity contribution in [3.63, 3.8) is 0 Å². The lowest BCUT2D eigenvalue weighted by Crippen LogP contribution is -2.04. The summed E-state index contributed by atoms with van der Waals surface area (Å²) in [6, 6.07) is 3.62. The summed E-state index contributed by atoms with van der Waals surface area (Å²) >= 11 is 0. The molecule has 8 nitrogen and oxygen atoms in total. The van der Waals surface area contributed by atoms with Crippen LogP contribution >= 0.6 is 0 Å². The molecule has 0 aliphatic heterocycles. The predicted molar refractivity (Wildman–Crippen MR) is 54.5 cm³/mol. The van der Waals surface area contributed by atoms with E-state index in [-0.39, 0.29) is 0 Å². The molecule has 0 saturated carbocycles. The molecule has 80 valence electrons. The van der Waals surface area contributed by atoms with Crippen LogP contribution in [0.25, 0.3) is 5.65 Å². The summed E-state index contributed by atoms with van der Waals surface area (Å²) in [7, 11) is 0. The van der Waals surface area contributed by atoms with Gasteiger partial charge in [-0.3, -0.25) is 5.10 Å². The number of aromatic amines is 1. The van der Waals surface area contributed by atoms with Crippen molar-refractivity contribution in [1.29, 1.82) is 0 Å². The first-order chi connectivity index (χ1) is 7.92. The molecule has 3 aromatic rings. The third kappa shape index (κ3) is 1.56. The maximum Gasteiger partial charge on any atom is 0.200 e. The number of aromatic nitrogens is 7. The van der Waals surface area contributed by atoms with Crippen molar-refractivity contribution in [2.24, 2.45) is 0 Å². The van der Waals surface area contributed by atoms with E-state index < -0.39 is 0 Å². The molecule has 2 N–H and O–H groups in total. The van der Waals surface area contributed by atoms with Crippen molar-refractivity contribution in [3.05, 3.63) is 30.1 Å². The molecule has 0 fully saturated rings. The Labute approximate surface area is 89.7 Å². The number of rotatable bonds is 3. The number of hydrogen-bond donors (Lipinski definition) is 2. The minimum Gasteiger partial charge on any atom is -0.364 e. The molecule has 0 unspecified atom stereocenters. The highest BCUT2D eigenvalue weighted by Gasteiger charge is 2.00. The second kappa shape index (κ2) is 3.57. The number of hydrogen-bond acceptors (Lipinski definition) is 6. The molecule has 3 heterocycles. The van der Waals surface area contributed by atoms with Crippen LogP contribution in [0.5, 0.6) is 0 Å². The highest BCUT2D eigenvalue weighted by molar-refractivity contribution is 5.42. The Hall–Kier alpha value is -2.51. The summed E-state index contributed by atoms with van der Waals surface area (Å²) in [5.74, 6) is 0.709. The topological polar surface area (TPSA) is 96.7 Å². The summed E-state index contributed by atoms with van der Waals surface area (Å²) in [4.78, 5) is 0. The minimum atomic E-state index is 0.619. The Morgan fingerprint density at radius 3 is 3.25 bits per heavy atom. The van der Waals surface area contributed by atoms with Crippen molar-refractivity contribution < 1.29 is 0 Å². The second-order valence-corrected chi connectivity index (χ2v) is 3.21. The van der Waals surface area contributed by atoms with E-state index in [0.29, 0.717) is 18.0 Å². The largest absolute Gasteiger partial charge is 0.364 e. The molecule has 0 saturated heterocycles. The zero-order valence-corrected chi connectivity index (χ0v) is 8.20. The zero-order chi connectivity index (χ0) is 10.8. The number of anilines is 1. The van der Waals surface area contributed by atoms with Gasteiger partial charge in [0.1, 0.15) is 5.82 Å². The first-order valence-corrected chi connectivity index (χ1v) is 4.69. The summed E-state index contributed by atoms with van der Waals surface area (Å²) in [5.41, 5.74) is 1.67. The van der Waals surface area contributed by atoms with E-state index in [1.165, 1.54) is 4.63 Å². The molecule has 0 aliphatic carbocycles. The van der Waals surface area contributed by atoms with Crippen molar-refractivity contribution in [2.45, 2.75) is 6.54 Å².